The second-order valence-electron chi connectivity index (χ2n) is 8.48. The van der Waals surface area contributed by atoms with E-state index in [9.17, 15) is 10.2 Å². The van der Waals surface area contributed by atoms with Crippen LogP contribution in [0.5, 0.6) is 11.5 Å². The van der Waals surface area contributed by atoms with Gasteiger partial charge in [-0.05, 0) is 49.2 Å². The van der Waals surface area contributed by atoms with Crippen LogP contribution in [0.4, 0.5) is 0 Å². The first-order chi connectivity index (χ1) is 16.5. The summed E-state index contributed by atoms with van der Waals surface area (Å²) in [5.74, 6) is 1.31. The van der Waals surface area contributed by atoms with Crippen LogP contribution in [-0.4, -0.2) is 48.7 Å². The topological polar surface area (TPSA) is 83.0 Å². The van der Waals surface area contributed by atoms with E-state index in [2.05, 4.69) is 48.7 Å². The Morgan fingerprint density at radius 1 is 0.588 bits per heavy atom. The molecule has 182 valence electrons. The van der Waals surface area contributed by atoms with Gasteiger partial charge in [-0.25, -0.2) is 0 Å². The van der Waals surface area contributed by atoms with Crippen molar-refractivity contribution < 1.29 is 19.7 Å². The molecule has 4 atom stereocenters. The number of nitrogens with one attached hydrogen (secondary N) is 2. The molecule has 0 aromatic heterocycles. The molecule has 0 saturated heterocycles. The number of aliphatic hydroxyl groups excluding tert-OH is 2. The molecule has 6 heteroatoms. The van der Waals surface area contributed by atoms with Crippen LogP contribution in [0.25, 0.3) is 0 Å². The third-order valence-corrected chi connectivity index (χ3v) is 5.63. The largest absolute Gasteiger partial charge is 0.491 e. The normalized spacial score (nSPS) is 14.7. The van der Waals surface area contributed by atoms with Crippen molar-refractivity contribution in [2.45, 2.75) is 38.1 Å². The summed E-state index contributed by atoms with van der Waals surface area (Å²) in [6, 6.07) is 27.7. The number of hydrogen-bond acceptors (Lipinski definition) is 6. The van der Waals surface area contributed by atoms with Crippen molar-refractivity contribution in [3.8, 4) is 11.5 Å². The SMILES string of the molecule is C[C@H](NC[C@@H](O)COc1ccc(OC[C@H](O)CN[C@@H](C)c2ccccc2)cc1)c1ccccc1. The Kier molecular flexibility index (Phi) is 10.4. The molecule has 3 aromatic rings. The lowest BCUT2D eigenvalue weighted by Gasteiger charge is -2.18. The minimum absolute atomic E-state index is 0.152. The quantitative estimate of drug-likeness (QED) is 0.290. The molecule has 4 N–H and O–H groups in total. The van der Waals surface area contributed by atoms with Gasteiger partial charge >= 0.3 is 0 Å². The molecule has 0 spiro atoms. The van der Waals surface area contributed by atoms with E-state index in [1.165, 1.54) is 11.1 Å². The number of hydrogen-bond donors (Lipinski definition) is 4. The Bertz CT molecular complexity index is 859. The van der Waals surface area contributed by atoms with Crippen LogP contribution >= 0.6 is 0 Å². The predicted octanol–water partition coefficient (Wildman–Crippen LogP) is 3.87. The average Bonchev–Trinajstić information content (AvgIpc) is 2.89. The minimum Gasteiger partial charge on any atom is -0.491 e. The van der Waals surface area contributed by atoms with Crippen LogP contribution in [0.1, 0.15) is 37.1 Å². The van der Waals surface area contributed by atoms with E-state index in [0.717, 1.165) is 0 Å². The fraction of sp³-hybridized carbons (Fsp3) is 0.357. The summed E-state index contributed by atoms with van der Waals surface area (Å²) in [6.07, 6.45) is -1.24. The van der Waals surface area contributed by atoms with Gasteiger partial charge in [-0.2, -0.15) is 0 Å². The third kappa shape index (κ3) is 8.80. The molecule has 0 radical (unpaired) electrons. The highest BCUT2D eigenvalue weighted by Crippen LogP contribution is 2.18. The van der Waals surface area contributed by atoms with Crippen molar-refractivity contribution in [3.05, 3.63) is 96.1 Å². The molecule has 6 nitrogen and oxygen atoms in total. The Hall–Kier alpha value is -2.90. The Balaban J connectivity index is 1.32. The molecule has 0 fully saturated rings. The summed E-state index contributed by atoms with van der Waals surface area (Å²) in [6.45, 7) is 5.40. The summed E-state index contributed by atoms with van der Waals surface area (Å²) in [5.41, 5.74) is 2.36. The molecule has 34 heavy (non-hydrogen) atoms. The van der Waals surface area contributed by atoms with E-state index in [-0.39, 0.29) is 25.3 Å². The number of ether oxygens (including phenoxy) is 2. The molecule has 0 bridgehead atoms. The first kappa shape index (κ1) is 25.7. The van der Waals surface area contributed by atoms with Crippen LogP contribution in [0.3, 0.4) is 0 Å². The predicted molar refractivity (Wildman–Crippen MR) is 135 cm³/mol. The van der Waals surface area contributed by atoms with Gasteiger partial charge in [0.25, 0.3) is 0 Å². The van der Waals surface area contributed by atoms with Crippen molar-refractivity contribution in [1.82, 2.24) is 10.6 Å². The summed E-state index contributed by atoms with van der Waals surface area (Å²) in [5, 5.41) is 27.1. The Morgan fingerprint density at radius 3 is 1.29 bits per heavy atom. The van der Waals surface area contributed by atoms with Gasteiger partial charge in [-0.1, -0.05) is 60.7 Å². The van der Waals surface area contributed by atoms with Gasteiger partial charge in [0.1, 0.15) is 36.9 Å². The molecule has 0 amide bonds. The van der Waals surface area contributed by atoms with Gasteiger partial charge in [0.05, 0.1) is 0 Å². The van der Waals surface area contributed by atoms with Gasteiger partial charge in [0.2, 0.25) is 0 Å². The first-order valence-corrected chi connectivity index (χ1v) is 11.8. The fourth-order valence-corrected chi connectivity index (χ4v) is 3.48. The smallest absolute Gasteiger partial charge is 0.119 e. The summed E-state index contributed by atoms with van der Waals surface area (Å²) < 4.78 is 11.4. The molecule has 3 aromatic carbocycles. The van der Waals surface area contributed by atoms with Crippen LogP contribution in [0, 0.1) is 0 Å². The molecule has 0 aliphatic heterocycles. The summed E-state index contributed by atoms with van der Waals surface area (Å²) >= 11 is 0. The Labute approximate surface area is 202 Å². The molecule has 0 aliphatic carbocycles. The van der Waals surface area contributed by atoms with E-state index >= 15 is 0 Å². The highest BCUT2D eigenvalue weighted by molar-refractivity contribution is 5.31. The van der Waals surface area contributed by atoms with Crippen molar-refractivity contribution >= 4 is 0 Å². The average molecular weight is 465 g/mol. The van der Waals surface area contributed by atoms with Crippen LogP contribution in [0.2, 0.25) is 0 Å². The highest BCUT2D eigenvalue weighted by atomic mass is 16.5. The maximum absolute atomic E-state index is 10.2. The maximum atomic E-state index is 10.2. The maximum Gasteiger partial charge on any atom is 0.119 e. The fourth-order valence-electron chi connectivity index (χ4n) is 3.48. The Morgan fingerprint density at radius 2 is 0.941 bits per heavy atom. The molecule has 3 rings (SSSR count). The monoisotopic (exact) mass is 464 g/mol. The standard InChI is InChI=1S/C28H36N2O4/c1-21(23-9-5-3-6-10-23)29-17-25(31)19-33-27-13-15-28(16-14-27)34-20-26(32)18-30-22(2)24-11-7-4-8-12-24/h3-16,21-22,25-26,29-32H,17-20H2,1-2H3/t21-,22-,25+,26+/m0/s1. The van der Waals surface area contributed by atoms with E-state index in [1.54, 1.807) is 24.3 Å². The van der Waals surface area contributed by atoms with Gasteiger partial charge in [0, 0.05) is 25.2 Å². The van der Waals surface area contributed by atoms with Gasteiger partial charge in [-0.15, -0.1) is 0 Å². The first-order valence-electron chi connectivity index (χ1n) is 11.8. The summed E-state index contributed by atoms with van der Waals surface area (Å²) in [7, 11) is 0. The lowest BCUT2D eigenvalue weighted by atomic mass is 10.1. The second kappa shape index (κ2) is 13.7. The zero-order valence-electron chi connectivity index (χ0n) is 19.9. The number of rotatable bonds is 14. The molecular weight excluding hydrogens is 428 g/mol. The van der Waals surface area contributed by atoms with Gasteiger partial charge < -0.3 is 30.3 Å². The van der Waals surface area contributed by atoms with E-state index < -0.39 is 12.2 Å². The molecular formula is C28H36N2O4. The molecule has 0 unspecified atom stereocenters. The third-order valence-electron chi connectivity index (χ3n) is 5.63. The highest BCUT2D eigenvalue weighted by Gasteiger charge is 2.11. The van der Waals surface area contributed by atoms with E-state index in [1.807, 2.05) is 36.4 Å². The number of benzene rings is 3. The number of aliphatic hydroxyl groups is 2. The molecule has 0 saturated carbocycles. The van der Waals surface area contributed by atoms with Gasteiger partial charge in [0.15, 0.2) is 0 Å². The lowest BCUT2D eigenvalue weighted by Crippen LogP contribution is -2.33. The van der Waals surface area contributed by atoms with Crippen molar-refractivity contribution in [1.29, 1.82) is 0 Å². The van der Waals surface area contributed by atoms with Crippen molar-refractivity contribution in [2.75, 3.05) is 26.3 Å². The molecule has 0 aliphatic rings. The molecule has 0 heterocycles. The van der Waals surface area contributed by atoms with E-state index in [0.29, 0.717) is 24.6 Å². The van der Waals surface area contributed by atoms with Crippen LogP contribution in [0.15, 0.2) is 84.9 Å². The second-order valence-corrected chi connectivity index (χ2v) is 8.48. The van der Waals surface area contributed by atoms with Crippen molar-refractivity contribution in [2.24, 2.45) is 0 Å². The van der Waals surface area contributed by atoms with Crippen LogP contribution < -0.4 is 20.1 Å². The van der Waals surface area contributed by atoms with Crippen LogP contribution in [-0.2, 0) is 0 Å². The summed E-state index contributed by atoms with van der Waals surface area (Å²) in [4.78, 5) is 0. The van der Waals surface area contributed by atoms with Crippen molar-refractivity contribution in [3.63, 3.8) is 0 Å². The van der Waals surface area contributed by atoms with Gasteiger partial charge in [-0.3, -0.25) is 0 Å². The zero-order chi connectivity index (χ0) is 24.2. The lowest BCUT2D eigenvalue weighted by molar-refractivity contribution is 0.102. The zero-order valence-corrected chi connectivity index (χ0v) is 19.9. The van der Waals surface area contributed by atoms with E-state index in [4.69, 9.17) is 9.47 Å². The minimum atomic E-state index is -0.622.